The Morgan fingerprint density at radius 1 is 1.41 bits per heavy atom. The van der Waals surface area contributed by atoms with Crippen LogP contribution in [-0.4, -0.2) is 30.8 Å². The first-order valence-electron chi connectivity index (χ1n) is 8.27. The van der Waals surface area contributed by atoms with Crippen molar-refractivity contribution in [3.05, 3.63) is 29.3 Å². The zero-order valence-corrected chi connectivity index (χ0v) is 13.9. The first kappa shape index (κ1) is 16.8. The number of nitrogens with one attached hydrogen (secondary N) is 1. The van der Waals surface area contributed by atoms with Crippen molar-refractivity contribution >= 4 is 11.7 Å². The van der Waals surface area contributed by atoms with Gasteiger partial charge in [-0.15, -0.1) is 0 Å². The van der Waals surface area contributed by atoms with Crippen molar-refractivity contribution in [2.45, 2.75) is 40.0 Å². The molecule has 0 aromatic heterocycles. The van der Waals surface area contributed by atoms with Crippen LogP contribution in [-0.2, 0) is 6.42 Å². The van der Waals surface area contributed by atoms with Gasteiger partial charge in [0.1, 0.15) is 0 Å². The number of urea groups is 1. The van der Waals surface area contributed by atoms with Crippen LogP contribution in [0.1, 0.15) is 37.8 Å². The largest absolute Gasteiger partial charge is 0.396 e. The lowest BCUT2D eigenvalue weighted by atomic mass is 9.94. The van der Waals surface area contributed by atoms with E-state index in [9.17, 15) is 4.79 Å². The molecule has 0 fully saturated rings. The third-order valence-corrected chi connectivity index (χ3v) is 4.39. The summed E-state index contributed by atoms with van der Waals surface area (Å²) in [6.45, 7) is 8.01. The molecule has 1 heterocycles. The molecule has 1 unspecified atom stereocenters. The second kappa shape index (κ2) is 7.63. The molecule has 2 rings (SSSR count). The molecular formula is C18H28N2O2. The first-order valence-corrected chi connectivity index (χ1v) is 8.27. The van der Waals surface area contributed by atoms with Crippen LogP contribution in [0, 0.1) is 18.8 Å². The van der Waals surface area contributed by atoms with Gasteiger partial charge in [0.25, 0.3) is 0 Å². The van der Waals surface area contributed by atoms with Crippen LogP contribution in [0.3, 0.4) is 0 Å². The number of carbonyl (C=O) groups is 1. The Hall–Kier alpha value is -1.55. The molecule has 0 radical (unpaired) electrons. The van der Waals surface area contributed by atoms with Crippen LogP contribution in [0.4, 0.5) is 10.5 Å². The average Bonchev–Trinajstić information content (AvgIpc) is 2.89. The van der Waals surface area contributed by atoms with E-state index >= 15 is 0 Å². The third-order valence-electron chi connectivity index (χ3n) is 4.39. The summed E-state index contributed by atoms with van der Waals surface area (Å²) in [4.78, 5) is 14.3. The van der Waals surface area contributed by atoms with Gasteiger partial charge in [-0.2, -0.15) is 0 Å². The third kappa shape index (κ3) is 4.01. The van der Waals surface area contributed by atoms with Crippen molar-refractivity contribution in [3.63, 3.8) is 0 Å². The van der Waals surface area contributed by atoms with Gasteiger partial charge in [-0.1, -0.05) is 26.0 Å². The lowest BCUT2D eigenvalue weighted by molar-refractivity contribution is 0.228. The lowest BCUT2D eigenvalue weighted by Gasteiger charge is -2.22. The van der Waals surface area contributed by atoms with E-state index in [1.165, 1.54) is 11.1 Å². The molecule has 0 spiro atoms. The van der Waals surface area contributed by atoms with Crippen LogP contribution in [0.15, 0.2) is 18.2 Å². The molecule has 0 bridgehead atoms. The van der Waals surface area contributed by atoms with E-state index in [-0.39, 0.29) is 12.6 Å². The van der Waals surface area contributed by atoms with Gasteiger partial charge < -0.3 is 10.4 Å². The Morgan fingerprint density at radius 2 is 2.18 bits per heavy atom. The SMILES string of the molecule is Cc1cccc2c1CCN2C(=O)NCC(CCO)CC(C)C. The molecule has 1 aromatic carbocycles. The second-order valence-electron chi connectivity index (χ2n) is 6.67. The fraction of sp³-hybridized carbons (Fsp3) is 0.611. The molecule has 0 aliphatic carbocycles. The number of carbonyl (C=O) groups excluding carboxylic acids is 1. The monoisotopic (exact) mass is 304 g/mol. The van der Waals surface area contributed by atoms with E-state index in [1.807, 2.05) is 17.0 Å². The van der Waals surface area contributed by atoms with Gasteiger partial charge >= 0.3 is 6.03 Å². The van der Waals surface area contributed by atoms with Gasteiger partial charge in [-0.3, -0.25) is 4.90 Å². The molecule has 0 saturated heterocycles. The van der Waals surface area contributed by atoms with Gasteiger partial charge in [-0.25, -0.2) is 4.79 Å². The highest BCUT2D eigenvalue weighted by Crippen LogP contribution is 2.30. The van der Waals surface area contributed by atoms with Crippen molar-refractivity contribution in [1.29, 1.82) is 0 Å². The summed E-state index contributed by atoms with van der Waals surface area (Å²) in [5.74, 6) is 0.914. The Bertz CT molecular complexity index is 514. The standard InChI is InChI=1S/C18H28N2O2/c1-13(2)11-15(8-10-21)12-19-18(22)20-9-7-16-14(3)5-4-6-17(16)20/h4-6,13,15,21H,7-12H2,1-3H3,(H,19,22). The summed E-state index contributed by atoms with van der Waals surface area (Å²) in [6, 6.07) is 6.11. The second-order valence-corrected chi connectivity index (χ2v) is 6.67. The Labute approximate surface area is 133 Å². The van der Waals surface area contributed by atoms with Gasteiger partial charge in [0.05, 0.1) is 0 Å². The number of aliphatic hydroxyl groups is 1. The predicted molar refractivity (Wildman–Crippen MR) is 90.3 cm³/mol. The van der Waals surface area contributed by atoms with Crippen LogP contribution >= 0.6 is 0 Å². The number of benzene rings is 1. The normalized spacial score (nSPS) is 15.0. The highest BCUT2D eigenvalue weighted by molar-refractivity contribution is 5.94. The molecule has 2 amide bonds. The summed E-state index contributed by atoms with van der Waals surface area (Å²) >= 11 is 0. The van der Waals surface area contributed by atoms with E-state index in [0.29, 0.717) is 18.4 Å². The lowest BCUT2D eigenvalue weighted by Crippen LogP contribution is -2.41. The number of aliphatic hydroxyl groups excluding tert-OH is 1. The fourth-order valence-corrected chi connectivity index (χ4v) is 3.30. The summed E-state index contributed by atoms with van der Waals surface area (Å²) < 4.78 is 0. The highest BCUT2D eigenvalue weighted by Gasteiger charge is 2.25. The van der Waals surface area contributed by atoms with Crippen molar-refractivity contribution < 1.29 is 9.90 Å². The quantitative estimate of drug-likeness (QED) is 0.848. The maximum absolute atomic E-state index is 12.5. The number of nitrogens with zero attached hydrogens (tertiary/aromatic N) is 1. The summed E-state index contributed by atoms with van der Waals surface area (Å²) in [5, 5.41) is 12.2. The molecule has 1 atom stereocenters. The summed E-state index contributed by atoms with van der Waals surface area (Å²) in [6.07, 6.45) is 2.70. The minimum absolute atomic E-state index is 0.0176. The first-order chi connectivity index (χ1) is 10.5. The minimum atomic E-state index is -0.0176. The zero-order chi connectivity index (χ0) is 16.1. The maximum Gasteiger partial charge on any atom is 0.321 e. The molecule has 4 nitrogen and oxygen atoms in total. The van der Waals surface area contributed by atoms with E-state index in [1.54, 1.807) is 0 Å². The molecule has 0 saturated carbocycles. The van der Waals surface area contributed by atoms with Crippen molar-refractivity contribution in [2.75, 3.05) is 24.6 Å². The van der Waals surface area contributed by atoms with Crippen molar-refractivity contribution in [1.82, 2.24) is 5.32 Å². The minimum Gasteiger partial charge on any atom is -0.396 e. The van der Waals surface area contributed by atoms with E-state index in [0.717, 1.165) is 31.5 Å². The Kier molecular flexibility index (Phi) is 5.83. The van der Waals surface area contributed by atoms with Crippen LogP contribution in [0.25, 0.3) is 0 Å². The number of amides is 2. The van der Waals surface area contributed by atoms with Gasteiger partial charge in [0, 0.05) is 25.4 Å². The van der Waals surface area contributed by atoms with E-state index in [4.69, 9.17) is 5.11 Å². The zero-order valence-electron chi connectivity index (χ0n) is 13.9. The molecule has 2 N–H and O–H groups in total. The van der Waals surface area contributed by atoms with Crippen molar-refractivity contribution in [2.24, 2.45) is 11.8 Å². The average molecular weight is 304 g/mol. The Morgan fingerprint density at radius 3 is 2.86 bits per heavy atom. The molecule has 1 aliphatic rings. The smallest absolute Gasteiger partial charge is 0.321 e. The molecule has 4 heteroatoms. The van der Waals surface area contributed by atoms with Gasteiger partial charge in [-0.05, 0) is 55.2 Å². The molecular weight excluding hydrogens is 276 g/mol. The number of aryl methyl sites for hydroxylation is 1. The molecule has 1 aromatic rings. The molecule has 22 heavy (non-hydrogen) atoms. The fourth-order valence-electron chi connectivity index (χ4n) is 3.30. The molecule has 122 valence electrons. The number of hydrogen-bond acceptors (Lipinski definition) is 2. The number of fused-ring (bicyclic) bond motifs is 1. The van der Waals surface area contributed by atoms with Gasteiger partial charge in [0.15, 0.2) is 0 Å². The van der Waals surface area contributed by atoms with Crippen LogP contribution in [0.2, 0.25) is 0 Å². The summed E-state index contributed by atoms with van der Waals surface area (Å²) in [7, 11) is 0. The van der Waals surface area contributed by atoms with Gasteiger partial charge in [0.2, 0.25) is 0 Å². The van der Waals surface area contributed by atoms with Crippen molar-refractivity contribution in [3.8, 4) is 0 Å². The molecule has 1 aliphatic heterocycles. The number of anilines is 1. The predicted octanol–water partition coefficient (Wildman–Crippen LogP) is 3.11. The summed E-state index contributed by atoms with van der Waals surface area (Å²) in [5.41, 5.74) is 3.58. The van der Waals surface area contributed by atoms with Crippen LogP contribution < -0.4 is 10.2 Å². The van der Waals surface area contributed by atoms with E-state index < -0.39 is 0 Å². The Balaban J connectivity index is 1.95. The number of rotatable bonds is 6. The maximum atomic E-state index is 12.5. The van der Waals surface area contributed by atoms with Crippen LogP contribution in [0.5, 0.6) is 0 Å². The van der Waals surface area contributed by atoms with E-state index in [2.05, 4.69) is 32.2 Å². The highest BCUT2D eigenvalue weighted by atomic mass is 16.3. The number of hydrogen-bond donors (Lipinski definition) is 2. The topological polar surface area (TPSA) is 52.6 Å².